The minimum atomic E-state index is -0.786. The predicted molar refractivity (Wildman–Crippen MR) is 124 cm³/mol. The van der Waals surface area contributed by atoms with Crippen LogP contribution in [0.4, 0.5) is 4.79 Å². The molecule has 1 fully saturated rings. The molecule has 0 aromatic rings. The zero-order chi connectivity index (χ0) is 25.0. The van der Waals surface area contributed by atoms with Gasteiger partial charge in [0.2, 0.25) is 17.6 Å². The Labute approximate surface area is 195 Å². The summed E-state index contributed by atoms with van der Waals surface area (Å²) in [6.07, 6.45) is 8.30. The van der Waals surface area contributed by atoms with Crippen molar-refractivity contribution in [2.24, 2.45) is 5.92 Å². The first kappa shape index (κ1) is 27.7. The minimum absolute atomic E-state index is 0.159. The number of nitrogens with zero attached hydrogens (tertiary/aromatic N) is 1. The monoisotopic (exact) mass is 461 g/mol. The second-order valence-corrected chi connectivity index (χ2v) is 8.21. The summed E-state index contributed by atoms with van der Waals surface area (Å²) in [5, 5.41) is 10.3. The molecule has 0 spiro atoms. The molecule has 0 aromatic carbocycles. The third-order valence-corrected chi connectivity index (χ3v) is 5.36. The summed E-state index contributed by atoms with van der Waals surface area (Å²) >= 11 is 0. The first-order chi connectivity index (χ1) is 15.7. The fourth-order valence-corrected chi connectivity index (χ4v) is 3.57. The Bertz CT molecular complexity index is 789. The largest absolute Gasteiger partial charge is 0.351 e. The molecule has 10 heteroatoms. The van der Waals surface area contributed by atoms with Crippen molar-refractivity contribution in [1.29, 1.82) is 0 Å². The highest BCUT2D eigenvalue weighted by molar-refractivity contribution is 6.36. The molecule has 0 aromatic heterocycles. The fourth-order valence-electron chi connectivity index (χ4n) is 3.57. The quantitative estimate of drug-likeness (QED) is 0.185. The van der Waals surface area contributed by atoms with Crippen LogP contribution in [0.15, 0.2) is 12.7 Å². The molecule has 0 saturated carbocycles. The van der Waals surface area contributed by atoms with Crippen LogP contribution in [0, 0.1) is 18.3 Å². The predicted octanol–water partition coefficient (Wildman–Crippen LogP) is 0.0906. The Kier molecular flexibility index (Phi) is 11.7. The number of rotatable bonds is 12. The molecule has 10 nitrogen and oxygen atoms in total. The Morgan fingerprint density at radius 2 is 1.91 bits per heavy atom. The lowest BCUT2D eigenvalue weighted by atomic mass is 10.0. The third-order valence-electron chi connectivity index (χ3n) is 5.36. The van der Waals surface area contributed by atoms with E-state index in [0.717, 1.165) is 0 Å². The van der Waals surface area contributed by atoms with Gasteiger partial charge < -0.3 is 26.2 Å². The van der Waals surface area contributed by atoms with Crippen molar-refractivity contribution in [3.8, 4) is 12.3 Å². The molecular weight excluding hydrogens is 426 g/mol. The van der Waals surface area contributed by atoms with Gasteiger partial charge in [-0.25, -0.2) is 4.79 Å². The van der Waals surface area contributed by atoms with Gasteiger partial charge in [0.05, 0.1) is 0 Å². The first-order valence-corrected chi connectivity index (χ1v) is 11.1. The van der Waals surface area contributed by atoms with E-state index in [2.05, 4.69) is 33.8 Å². The van der Waals surface area contributed by atoms with E-state index in [4.69, 9.17) is 6.42 Å². The van der Waals surface area contributed by atoms with Gasteiger partial charge in [0.25, 0.3) is 5.91 Å². The summed E-state index contributed by atoms with van der Waals surface area (Å²) in [6.45, 7) is 7.64. The van der Waals surface area contributed by atoms with Crippen molar-refractivity contribution < 1.29 is 24.0 Å². The molecular formula is C23H35N5O5. The summed E-state index contributed by atoms with van der Waals surface area (Å²) in [6, 6.07) is -2.64. The smallest absolute Gasteiger partial charge is 0.315 e. The molecule has 3 unspecified atom stereocenters. The topological polar surface area (TPSA) is 137 Å². The zero-order valence-electron chi connectivity index (χ0n) is 19.6. The molecule has 3 atom stereocenters. The number of hydrogen-bond acceptors (Lipinski definition) is 5. The van der Waals surface area contributed by atoms with E-state index in [1.54, 1.807) is 0 Å². The normalized spacial score (nSPS) is 16.8. The van der Waals surface area contributed by atoms with Crippen molar-refractivity contribution in [2.45, 2.75) is 64.1 Å². The summed E-state index contributed by atoms with van der Waals surface area (Å²) < 4.78 is 0. The molecule has 1 aliphatic rings. The van der Waals surface area contributed by atoms with Crippen molar-refractivity contribution in [2.75, 3.05) is 20.1 Å². The standard InChI is InChI=1S/C23H35N5O5/c1-6-8-10-16(14-18(29)21(31)25-12-7-2)26-20(30)17-11-9-13-28(17)22(32)19(15(3)4)27-23(33)24-5/h1,7,15-17,19H,2,8-14H2,3-5H3,(H,25,31)(H,26,30)(H2,24,27,33). The van der Waals surface area contributed by atoms with Crippen LogP contribution in [0.5, 0.6) is 0 Å². The van der Waals surface area contributed by atoms with Gasteiger partial charge in [-0.05, 0) is 25.2 Å². The maximum absolute atomic E-state index is 13.1. The number of terminal acetylenes is 1. The van der Waals surface area contributed by atoms with Gasteiger partial charge in [-0.15, -0.1) is 18.9 Å². The van der Waals surface area contributed by atoms with E-state index in [0.29, 0.717) is 32.2 Å². The summed E-state index contributed by atoms with van der Waals surface area (Å²) in [7, 11) is 1.46. The van der Waals surface area contributed by atoms with Gasteiger partial charge in [-0.2, -0.15) is 0 Å². The van der Waals surface area contributed by atoms with Crippen molar-refractivity contribution in [3.63, 3.8) is 0 Å². The first-order valence-electron chi connectivity index (χ1n) is 11.1. The van der Waals surface area contributed by atoms with Gasteiger partial charge in [0.15, 0.2) is 0 Å². The van der Waals surface area contributed by atoms with E-state index in [-0.39, 0.29) is 24.8 Å². The molecule has 0 radical (unpaired) electrons. The van der Waals surface area contributed by atoms with Crippen LogP contribution in [0.1, 0.15) is 46.0 Å². The van der Waals surface area contributed by atoms with Crippen LogP contribution in [-0.4, -0.2) is 72.7 Å². The Morgan fingerprint density at radius 3 is 2.48 bits per heavy atom. The lowest BCUT2D eigenvalue weighted by molar-refractivity contribution is -0.141. The van der Waals surface area contributed by atoms with E-state index >= 15 is 0 Å². The molecule has 182 valence electrons. The van der Waals surface area contributed by atoms with Crippen LogP contribution in [0.3, 0.4) is 0 Å². The second-order valence-electron chi connectivity index (χ2n) is 8.21. The second kappa shape index (κ2) is 13.9. The number of ketones is 1. The van der Waals surface area contributed by atoms with Crippen LogP contribution >= 0.6 is 0 Å². The summed E-state index contributed by atoms with van der Waals surface area (Å²) in [4.78, 5) is 63.5. The number of carbonyl (C=O) groups is 5. The summed E-state index contributed by atoms with van der Waals surface area (Å²) in [5.41, 5.74) is 0. The Morgan fingerprint density at radius 1 is 1.21 bits per heavy atom. The number of carbonyl (C=O) groups excluding carboxylic acids is 5. The molecule has 0 aliphatic carbocycles. The average Bonchev–Trinajstić information content (AvgIpc) is 3.28. The van der Waals surface area contributed by atoms with Gasteiger partial charge in [0, 0.05) is 39.0 Å². The van der Waals surface area contributed by atoms with Gasteiger partial charge in [-0.3, -0.25) is 19.2 Å². The molecule has 0 bridgehead atoms. The molecule has 1 aliphatic heterocycles. The molecule has 1 rings (SSSR count). The lowest BCUT2D eigenvalue weighted by Crippen LogP contribution is -2.57. The highest BCUT2D eigenvalue weighted by Crippen LogP contribution is 2.21. The van der Waals surface area contributed by atoms with E-state index in [9.17, 15) is 24.0 Å². The highest BCUT2D eigenvalue weighted by atomic mass is 16.2. The number of likely N-dealkylation sites (tertiary alicyclic amines) is 1. The van der Waals surface area contributed by atoms with Crippen molar-refractivity contribution >= 4 is 29.5 Å². The number of Topliss-reactive ketones (excluding diaryl/α,β-unsaturated/α-hetero) is 1. The molecule has 1 saturated heterocycles. The molecule has 4 N–H and O–H groups in total. The third kappa shape index (κ3) is 8.60. The van der Waals surface area contributed by atoms with Gasteiger partial charge in [0.1, 0.15) is 12.1 Å². The fraction of sp³-hybridized carbons (Fsp3) is 0.609. The minimum Gasteiger partial charge on any atom is -0.351 e. The summed E-state index contributed by atoms with van der Waals surface area (Å²) in [5.74, 6) is 0.0992. The van der Waals surface area contributed by atoms with Crippen LogP contribution < -0.4 is 21.3 Å². The molecule has 5 amide bonds. The van der Waals surface area contributed by atoms with Crippen molar-refractivity contribution in [3.05, 3.63) is 12.7 Å². The van der Waals surface area contributed by atoms with Crippen LogP contribution in [0.25, 0.3) is 0 Å². The number of hydrogen-bond donors (Lipinski definition) is 4. The molecule has 1 heterocycles. The maximum Gasteiger partial charge on any atom is 0.315 e. The molecule has 33 heavy (non-hydrogen) atoms. The SMILES string of the molecule is C#CCCC(CC(=O)C(=O)NCC=C)NC(=O)C1CCCN1C(=O)C(NC(=O)NC)C(C)C. The maximum atomic E-state index is 13.1. The van der Waals surface area contributed by atoms with E-state index in [1.165, 1.54) is 18.0 Å². The Balaban J connectivity index is 2.90. The number of nitrogens with one attached hydrogen (secondary N) is 4. The average molecular weight is 462 g/mol. The Hall–Kier alpha value is -3.35. The van der Waals surface area contributed by atoms with Gasteiger partial charge in [-0.1, -0.05) is 19.9 Å². The number of amides is 5. The van der Waals surface area contributed by atoms with Gasteiger partial charge >= 0.3 is 6.03 Å². The van der Waals surface area contributed by atoms with E-state index in [1.807, 2.05) is 13.8 Å². The van der Waals surface area contributed by atoms with Crippen LogP contribution in [0.2, 0.25) is 0 Å². The zero-order valence-corrected chi connectivity index (χ0v) is 19.6. The van der Waals surface area contributed by atoms with Crippen LogP contribution in [-0.2, 0) is 19.2 Å². The highest BCUT2D eigenvalue weighted by Gasteiger charge is 2.39. The number of urea groups is 1. The van der Waals surface area contributed by atoms with E-state index < -0.39 is 41.8 Å². The van der Waals surface area contributed by atoms with Crippen molar-refractivity contribution in [1.82, 2.24) is 26.2 Å². The lowest BCUT2D eigenvalue weighted by Gasteiger charge is -2.31.